The summed E-state index contributed by atoms with van der Waals surface area (Å²) in [5, 5.41) is 17.4. The highest BCUT2D eigenvalue weighted by molar-refractivity contribution is 5.66. The maximum atomic E-state index is 9.64. The second-order valence-corrected chi connectivity index (χ2v) is 5.12. The largest absolute Gasteiger partial charge is 0.481 e. The molecular weight excluding hydrogens is 204 g/mol. The maximum absolute atomic E-state index is 9.64. The summed E-state index contributed by atoms with van der Waals surface area (Å²) in [6.07, 6.45) is 8.59. The number of hydrogen-bond acceptors (Lipinski definition) is 2. The molecule has 90 valence electrons. The third-order valence-corrected chi connectivity index (χ3v) is 4.27. The van der Waals surface area contributed by atoms with Gasteiger partial charge in [0.1, 0.15) is 0 Å². The first kappa shape index (κ1) is 11.6. The van der Waals surface area contributed by atoms with Crippen LogP contribution < -0.4 is 0 Å². The van der Waals surface area contributed by atoms with Crippen molar-refractivity contribution in [2.75, 3.05) is 0 Å². The molecule has 2 N–H and O–H groups in total. The standard InChI is InChI=1S/C10H14O.C3H6O2/c11-10-5-6-4-9(10)8-3-1-2-7(6)8;1-2-3(4)5/h1-2,6-11H,3-5H2;2H2,1H3,(H,4,5). The normalized spacial score (nSPS) is 42.8. The van der Waals surface area contributed by atoms with Crippen molar-refractivity contribution in [3.05, 3.63) is 12.2 Å². The minimum atomic E-state index is -0.745. The number of aliphatic hydroxyl groups is 1. The van der Waals surface area contributed by atoms with Gasteiger partial charge in [0.2, 0.25) is 0 Å². The van der Waals surface area contributed by atoms with Gasteiger partial charge < -0.3 is 10.2 Å². The van der Waals surface area contributed by atoms with Crippen LogP contribution in [0.25, 0.3) is 0 Å². The molecule has 0 spiro atoms. The number of carboxylic acids is 1. The minimum absolute atomic E-state index is 0.0427. The Labute approximate surface area is 96.2 Å². The molecule has 2 saturated carbocycles. The first-order valence-electron chi connectivity index (χ1n) is 6.20. The molecule has 0 aromatic rings. The summed E-state index contributed by atoms with van der Waals surface area (Å²) >= 11 is 0. The van der Waals surface area contributed by atoms with Gasteiger partial charge in [0.15, 0.2) is 0 Å². The van der Waals surface area contributed by atoms with Crippen LogP contribution in [-0.2, 0) is 4.79 Å². The Kier molecular flexibility index (Phi) is 3.33. The fourth-order valence-corrected chi connectivity index (χ4v) is 3.52. The van der Waals surface area contributed by atoms with E-state index in [-0.39, 0.29) is 12.5 Å². The van der Waals surface area contributed by atoms with Gasteiger partial charge in [-0.3, -0.25) is 4.79 Å². The predicted molar refractivity (Wildman–Crippen MR) is 60.9 cm³/mol. The molecule has 3 aliphatic carbocycles. The molecule has 3 nitrogen and oxygen atoms in total. The molecule has 0 saturated heterocycles. The third-order valence-electron chi connectivity index (χ3n) is 4.27. The zero-order valence-electron chi connectivity index (χ0n) is 9.67. The van der Waals surface area contributed by atoms with E-state index in [1.807, 2.05) is 0 Å². The fourth-order valence-electron chi connectivity index (χ4n) is 3.52. The van der Waals surface area contributed by atoms with E-state index >= 15 is 0 Å². The van der Waals surface area contributed by atoms with Crippen molar-refractivity contribution in [3.8, 4) is 0 Å². The average Bonchev–Trinajstić information content (AvgIpc) is 2.88. The molecule has 3 heteroatoms. The topological polar surface area (TPSA) is 57.5 Å². The van der Waals surface area contributed by atoms with Crippen LogP contribution >= 0.6 is 0 Å². The third kappa shape index (κ3) is 2.01. The van der Waals surface area contributed by atoms with Crippen molar-refractivity contribution in [3.63, 3.8) is 0 Å². The summed E-state index contributed by atoms with van der Waals surface area (Å²) < 4.78 is 0. The van der Waals surface area contributed by atoms with Gasteiger partial charge in [-0.2, -0.15) is 0 Å². The van der Waals surface area contributed by atoms with Gasteiger partial charge >= 0.3 is 5.97 Å². The minimum Gasteiger partial charge on any atom is -0.481 e. The lowest BCUT2D eigenvalue weighted by Crippen LogP contribution is -2.27. The fraction of sp³-hybridized carbons (Fsp3) is 0.769. The Balaban J connectivity index is 0.000000168. The molecule has 0 amide bonds. The Morgan fingerprint density at radius 2 is 2.06 bits per heavy atom. The van der Waals surface area contributed by atoms with Crippen molar-refractivity contribution >= 4 is 5.97 Å². The number of carboxylic acid groups (broad SMARTS) is 1. The van der Waals surface area contributed by atoms with Gasteiger partial charge in [0, 0.05) is 6.42 Å². The molecule has 0 aromatic carbocycles. The molecule has 3 rings (SSSR count). The summed E-state index contributed by atoms with van der Waals surface area (Å²) in [4.78, 5) is 9.37. The van der Waals surface area contributed by atoms with Crippen molar-refractivity contribution in [1.82, 2.24) is 0 Å². The molecule has 0 aromatic heterocycles. The van der Waals surface area contributed by atoms with Crippen molar-refractivity contribution < 1.29 is 15.0 Å². The average molecular weight is 224 g/mol. The van der Waals surface area contributed by atoms with Crippen LogP contribution in [0, 0.1) is 23.7 Å². The van der Waals surface area contributed by atoms with Gasteiger partial charge in [-0.15, -0.1) is 0 Å². The van der Waals surface area contributed by atoms with E-state index in [9.17, 15) is 9.90 Å². The van der Waals surface area contributed by atoms with E-state index in [1.165, 1.54) is 12.8 Å². The number of hydrogen-bond donors (Lipinski definition) is 2. The number of fused-ring (bicyclic) bond motifs is 5. The van der Waals surface area contributed by atoms with E-state index in [4.69, 9.17) is 5.11 Å². The van der Waals surface area contributed by atoms with Crippen LogP contribution in [0.4, 0.5) is 0 Å². The van der Waals surface area contributed by atoms with E-state index < -0.39 is 5.97 Å². The summed E-state index contributed by atoms with van der Waals surface area (Å²) in [6, 6.07) is 0. The molecule has 0 aliphatic heterocycles. The molecular formula is C13H20O3. The summed E-state index contributed by atoms with van der Waals surface area (Å²) in [7, 11) is 0. The summed E-state index contributed by atoms with van der Waals surface area (Å²) in [5.41, 5.74) is 0. The van der Waals surface area contributed by atoms with E-state index in [0.717, 1.165) is 24.2 Å². The second-order valence-electron chi connectivity index (χ2n) is 5.12. The number of allylic oxidation sites excluding steroid dienone is 2. The highest BCUT2D eigenvalue weighted by atomic mass is 16.4. The number of rotatable bonds is 1. The Morgan fingerprint density at radius 1 is 1.38 bits per heavy atom. The van der Waals surface area contributed by atoms with Crippen molar-refractivity contribution in [2.45, 2.75) is 38.7 Å². The lowest BCUT2D eigenvalue weighted by molar-refractivity contribution is -0.136. The van der Waals surface area contributed by atoms with Crippen LogP contribution in [-0.4, -0.2) is 22.3 Å². The van der Waals surface area contributed by atoms with Crippen LogP contribution in [0.2, 0.25) is 0 Å². The first-order chi connectivity index (χ1) is 7.63. The Hall–Kier alpha value is -0.830. The van der Waals surface area contributed by atoms with Crippen LogP contribution in [0.1, 0.15) is 32.6 Å². The lowest BCUT2D eigenvalue weighted by Gasteiger charge is -2.27. The number of aliphatic carboxylic acids is 1. The molecule has 2 bridgehead atoms. The van der Waals surface area contributed by atoms with E-state index in [1.54, 1.807) is 6.92 Å². The van der Waals surface area contributed by atoms with E-state index in [2.05, 4.69) is 12.2 Å². The monoisotopic (exact) mass is 224 g/mol. The van der Waals surface area contributed by atoms with Crippen LogP contribution in [0.3, 0.4) is 0 Å². The number of carbonyl (C=O) groups is 1. The quantitative estimate of drug-likeness (QED) is 0.670. The summed E-state index contributed by atoms with van der Waals surface area (Å²) in [5.74, 6) is 2.41. The predicted octanol–water partition coefficient (Wildman–Crippen LogP) is 2.06. The molecule has 16 heavy (non-hydrogen) atoms. The molecule has 5 atom stereocenters. The van der Waals surface area contributed by atoms with Gasteiger partial charge in [0.25, 0.3) is 0 Å². The first-order valence-corrected chi connectivity index (χ1v) is 6.20. The second kappa shape index (κ2) is 4.58. The molecule has 5 unspecified atom stereocenters. The van der Waals surface area contributed by atoms with Gasteiger partial charge in [-0.05, 0) is 42.9 Å². The van der Waals surface area contributed by atoms with Crippen LogP contribution in [0.5, 0.6) is 0 Å². The SMILES string of the molecule is CCC(=O)O.OC1CC2CC1C1CC=CC21. The lowest BCUT2D eigenvalue weighted by atomic mass is 9.80. The smallest absolute Gasteiger partial charge is 0.303 e. The molecule has 2 fully saturated rings. The molecule has 0 heterocycles. The summed E-state index contributed by atoms with van der Waals surface area (Å²) in [6.45, 7) is 1.60. The zero-order valence-corrected chi connectivity index (χ0v) is 9.67. The highest BCUT2D eigenvalue weighted by Crippen LogP contribution is 2.56. The van der Waals surface area contributed by atoms with Gasteiger partial charge in [0.05, 0.1) is 6.10 Å². The Morgan fingerprint density at radius 3 is 2.69 bits per heavy atom. The van der Waals surface area contributed by atoms with Gasteiger partial charge in [-0.25, -0.2) is 0 Å². The molecule has 3 aliphatic rings. The maximum Gasteiger partial charge on any atom is 0.303 e. The van der Waals surface area contributed by atoms with Crippen molar-refractivity contribution in [1.29, 1.82) is 0 Å². The number of aliphatic hydroxyl groups excluding tert-OH is 1. The van der Waals surface area contributed by atoms with E-state index in [0.29, 0.717) is 5.92 Å². The highest BCUT2D eigenvalue weighted by Gasteiger charge is 2.51. The van der Waals surface area contributed by atoms with Crippen molar-refractivity contribution in [2.24, 2.45) is 23.7 Å². The van der Waals surface area contributed by atoms with Gasteiger partial charge in [-0.1, -0.05) is 19.1 Å². The van der Waals surface area contributed by atoms with Crippen LogP contribution in [0.15, 0.2) is 12.2 Å². The Bertz CT molecular complexity index is 298. The zero-order chi connectivity index (χ0) is 11.7. The molecule has 0 radical (unpaired) electrons.